The quantitative estimate of drug-likeness (QED) is 0.466. The lowest BCUT2D eigenvalue weighted by molar-refractivity contribution is 0.238. The van der Waals surface area contributed by atoms with E-state index in [1.54, 1.807) is 0 Å². The zero-order valence-corrected chi connectivity index (χ0v) is 17.7. The van der Waals surface area contributed by atoms with Gasteiger partial charge in [-0.15, -0.1) is 0 Å². The Labute approximate surface area is 181 Å². The molecule has 4 aromatic rings. The molecule has 160 valence electrons. The van der Waals surface area contributed by atoms with Gasteiger partial charge in [-0.1, -0.05) is 18.2 Å². The van der Waals surface area contributed by atoms with Crippen molar-refractivity contribution in [3.63, 3.8) is 0 Å². The summed E-state index contributed by atoms with van der Waals surface area (Å²) in [5, 5.41) is 0. The zero-order chi connectivity index (χ0) is 21.0. The summed E-state index contributed by atoms with van der Waals surface area (Å²) in [5.41, 5.74) is 3.67. The molecule has 2 aromatic carbocycles. The van der Waals surface area contributed by atoms with Gasteiger partial charge in [-0.3, -0.25) is 9.69 Å². The van der Waals surface area contributed by atoms with E-state index in [4.69, 9.17) is 4.74 Å². The first kappa shape index (κ1) is 19.7. The minimum absolute atomic E-state index is 0.0815. The maximum Gasteiger partial charge on any atom is 0.272 e. The summed E-state index contributed by atoms with van der Waals surface area (Å²) in [7, 11) is 0. The number of aromatic amines is 1. The largest absolute Gasteiger partial charge is 0.494 e. The number of rotatable bonds is 7. The van der Waals surface area contributed by atoms with Crippen molar-refractivity contribution in [1.82, 2.24) is 14.3 Å². The Bertz CT molecular complexity index is 1210. The summed E-state index contributed by atoms with van der Waals surface area (Å²) in [6, 6.07) is 20.3. The second-order valence-corrected chi connectivity index (χ2v) is 8.12. The van der Waals surface area contributed by atoms with Gasteiger partial charge in [0.15, 0.2) is 0 Å². The lowest BCUT2D eigenvalue weighted by Crippen LogP contribution is -2.46. The molecule has 0 bridgehead atoms. The molecule has 3 heterocycles. The second kappa shape index (κ2) is 8.86. The fraction of sp³-hybridized carbons (Fsp3) is 0.320. The van der Waals surface area contributed by atoms with Gasteiger partial charge in [0.1, 0.15) is 11.3 Å². The molecule has 0 atom stereocenters. The minimum Gasteiger partial charge on any atom is -0.494 e. The van der Waals surface area contributed by atoms with Gasteiger partial charge < -0.3 is 19.0 Å². The third-order valence-corrected chi connectivity index (χ3v) is 6.09. The van der Waals surface area contributed by atoms with E-state index < -0.39 is 0 Å². The Kier molecular flexibility index (Phi) is 5.63. The second-order valence-electron chi connectivity index (χ2n) is 8.12. The summed E-state index contributed by atoms with van der Waals surface area (Å²) in [4.78, 5) is 20.2. The number of ether oxygens (including phenoxy) is 1. The van der Waals surface area contributed by atoms with Crippen molar-refractivity contribution in [1.29, 1.82) is 0 Å². The molecular formula is C25H28N4O2. The number of aromatic nitrogens is 2. The number of piperazine rings is 1. The summed E-state index contributed by atoms with van der Waals surface area (Å²) in [6.07, 6.45) is 4.05. The molecule has 0 spiro atoms. The molecule has 1 N–H and O–H groups in total. The molecule has 0 aliphatic carbocycles. The summed E-state index contributed by atoms with van der Waals surface area (Å²) in [5.74, 6) is 0.797. The number of hydrogen-bond acceptors (Lipinski definition) is 4. The third kappa shape index (κ3) is 4.30. The van der Waals surface area contributed by atoms with E-state index in [0.717, 1.165) is 62.3 Å². The first-order chi connectivity index (χ1) is 15.3. The van der Waals surface area contributed by atoms with Crippen LogP contribution in [-0.4, -0.2) is 53.6 Å². The SMILES string of the molecule is O=c1[nH]c2cc(OCCCCN3CCN(c4ccccc4)CC3)ccc2n2cccc12. The van der Waals surface area contributed by atoms with Crippen molar-refractivity contribution >= 4 is 22.2 Å². The molecule has 0 unspecified atom stereocenters. The Morgan fingerprint density at radius 3 is 2.55 bits per heavy atom. The van der Waals surface area contributed by atoms with Crippen LogP contribution in [0.3, 0.4) is 0 Å². The summed E-state index contributed by atoms with van der Waals surface area (Å²) < 4.78 is 7.87. The lowest BCUT2D eigenvalue weighted by atomic mass is 10.2. The van der Waals surface area contributed by atoms with Crippen LogP contribution < -0.4 is 15.2 Å². The van der Waals surface area contributed by atoms with Crippen LogP contribution in [0, 0.1) is 0 Å². The van der Waals surface area contributed by atoms with Crippen molar-refractivity contribution in [3.8, 4) is 5.75 Å². The van der Waals surface area contributed by atoms with E-state index in [2.05, 4.69) is 45.1 Å². The van der Waals surface area contributed by atoms with Gasteiger partial charge in [-0.2, -0.15) is 0 Å². The summed E-state index contributed by atoms with van der Waals surface area (Å²) in [6.45, 7) is 6.20. The minimum atomic E-state index is -0.0815. The molecular weight excluding hydrogens is 388 g/mol. The predicted octanol–water partition coefficient (Wildman–Crippen LogP) is 3.76. The van der Waals surface area contributed by atoms with Gasteiger partial charge in [-0.05, 0) is 55.8 Å². The summed E-state index contributed by atoms with van der Waals surface area (Å²) >= 11 is 0. The molecule has 2 aromatic heterocycles. The molecule has 5 rings (SSSR count). The normalized spacial score (nSPS) is 15.0. The van der Waals surface area contributed by atoms with Crippen molar-refractivity contribution < 1.29 is 4.74 Å². The molecule has 0 radical (unpaired) electrons. The number of hydrogen-bond donors (Lipinski definition) is 1. The standard InChI is InChI=1S/C25H28N4O2/c30-25-24-9-6-13-29(24)23-11-10-21(19-22(23)26-25)31-18-5-4-12-27-14-16-28(17-15-27)20-7-2-1-3-8-20/h1-3,6-11,13,19H,4-5,12,14-18H2,(H,26,30). The molecule has 0 amide bonds. The van der Waals surface area contributed by atoms with Gasteiger partial charge in [0, 0.05) is 44.1 Å². The van der Waals surface area contributed by atoms with Gasteiger partial charge in [-0.25, -0.2) is 0 Å². The van der Waals surface area contributed by atoms with Gasteiger partial charge in [0.2, 0.25) is 0 Å². The number of nitrogens with one attached hydrogen (secondary N) is 1. The van der Waals surface area contributed by atoms with Gasteiger partial charge in [0.05, 0.1) is 17.6 Å². The number of unbranched alkanes of at least 4 members (excludes halogenated alkanes) is 1. The lowest BCUT2D eigenvalue weighted by Gasteiger charge is -2.36. The van der Waals surface area contributed by atoms with Gasteiger partial charge >= 0.3 is 0 Å². The fourth-order valence-electron chi connectivity index (χ4n) is 4.37. The van der Waals surface area contributed by atoms with Crippen LogP contribution in [0.4, 0.5) is 5.69 Å². The molecule has 31 heavy (non-hydrogen) atoms. The van der Waals surface area contributed by atoms with E-state index in [0.29, 0.717) is 12.1 Å². The first-order valence-corrected chi connectivity index (χ1v) is 11.1. The highest BCUT2D eigenvalue weighted by atomic mass is 16.5. The van der Waals surface area contributed by atoms with E-state index in [9.17, 15) is 4.79 Å². The van der Waals surface area contributed by atoms with Crippen LogP contribution in [0.5, 0.6) is 5.75 Å². The molecule has 6 nitrogen and oxygen atoms in total. The van der Waals surface area contributed by atoms with E-state index in [1.165, 1.54) is 5.69 Å². The highest BCUT2D eigenvalue weighted by Crippen LogP contribution is 2.20. The third-order valence-electron chi connectivity index (χ3n) is 6.09. The number of para-hydroxylation sites is 1. The van der Waals surface area contributed by atoms with Crippen molar-refractivity contribution in [2.45, 2.75) is 12.8 Å². The van der Waals surface area contributed by atoms with Crippen molar-refractivity contribution in [2.24, 2.45) is 0 Å². The zero-order valence-electron chi connectivity index (χ0n) is 17.7. The maximum absolute atomic E-state index is 12.2. The fourth-order valence-corrected chi connectivity index (χ4v) is 4.37. The average Bonchev–Trinajstić information content (AvgIpc) is 3.31. The monoisotopic (exact) mass is 416 g/mol. The van der Waals surface area contributed by atoms with E-state index in [-0.39, 0.29) is 5.56 Å². The van der Waals surface area contributed by atoms with E-state index in [1.807, 2.05) is 40.9 Å². The molecule has 6 heteroatoms. The van der Waals surface area contributed by atoms with Crippen LogP contribution in [0.1, 0.15) is 12.8 Å². The first-order valence-electron chi connectivity index (χ1n) is 11.1. The Morgan fingerprint density at radius 2 is 1.71 bits per heavy atom. The Balaban J connectivity index is 1.08. The number of nitrogens with zero attached hydrogens (tertiary/aromatic N) is 3. The highest BCUT2D eigenvalue weighted by molar-refractivity contribution is 5.79. The van der Waals surface area contributed by atoms with Crippen LogP contribution in [0.15, 0.2) is 71.7 Å². The van der Waals surface area contributed by atoms with Gasteiger partial charge in [0.25, 0.3) is 5.56 Å². The Morgan fingerprint density at radius 1 is 0.871 bits per heavy atom. The van der Waals surface area contributed by atoms with Crippen molar-refractivity contribution in [2.75, 3.05) is 44.2 Å². The average molecular weight is 417 g/mol. The van der Waals surface area contributed by atoms with Crippen LogP contribution in [-0.2, 0) is 0 Å². The molecule has 1 fully saturated rings. The Hall–Kier alpha value is -3.25. The number of fused-ring (bicyclic) bond motifs is 3. The highest BCUT2D eigenvalue weighted by Gasteiger charge is 2.16. The van der Waals surface area contributed by atoms with Crippen molar-refractivity contribution in [3.05, 3.63) is 77.2 Å². The van der Waals surface area contributed by atoms with Crippen LogP contribution in [0.25, 0.3) is 16.6 Å². The van der Waals surface area contributed by atoms with Crippen LogP contribution in [0.2, 0.25) is 0 Å². The molecule has 1 aliphatic rings. The molecule has 1 aliphatic heterocycles. The number of benzene rings is 2. The maximum atomic E-state index is 12.2. The predicted molar refractivity (Wildman–Crippen MR) is 125 cm³/mol. The molecule has 1 saturated heterocycles. The van der Waals surface area contributed by atoms with E-state index >= 15 is 0 Å². The number of H-pyrrole nitrogens is 1. The smallest absolute Gasteiger partial charge is 0.272 e. The topological polar surface area (TPSA) is 53.0 Å². The van der Waals surface area contributed by atoms with Crippen LogP contribution >= 0.6 is 0 Å². The molecule has 0 saturated carbocycles. The number of anilines is 1.